The molecule has 1 fully saturated rings. The minimum atomic E-state index is -0.484. The number of halogens is 1. The van der Waals surface area contributed by atoms with Crippen LogP contribution in [0.25, 0.3) is 11.3 Å². The third-order valence-electron chi connectivity index (χ3n) is 5.32. The average molecular weight is 474 g/mol. The Morgan fingerprint density at radius 1 is 1.33 bits per heavy atom. The summed E-state index contributed by atoms with van der Waals surface area (Å²) in [5.74, 6) is -0.0742. The molecule has 0 unspecified atom stereocenters. The van der Waals surface area contributed by atoms with Crippen LogP contribution < -0.4 is 20.5 Å². The largest absolute Gasteiger partial charge is 0.494 e. The molecule has 2 N–H and O–H groups in total. The molecule has 174 valence electrons. The first-order valence-electron chi connectivity index (χ1n) is 10.5. The number of benzene rings is 1. The van der Waals surface area contributed by atoms with Crippen molar-refractivity contribution in [2.24, 2.45) is 0 Å². The number of hydrogen-bond acceptors (Lipinski definition) is 8. The highest BCUT2D eigenvalue weighted by atomic mass is 32.1. The molecule has 0 atom stereocenters. The van der Waals surface area contributed by atoms with Crippen LogP contribution in [0.2, 0.25) is 0 Å². The van der Waals surface area contributed by atoms with E-state index in [-0.39, 0.29) is 30.1 Å². The van der Waals surface area contributed by atoms with E-state index in [0.29, 0.717) is 59.9 Å². The van der Waals surface area contributed by atoms with E-state index in [1.165, 1.54) is 30.6 Å². The summed E-state index contributed by atoms with van der Waals surface area (Å²) in [5, 5.41) is 4.87. The topological polar surface area (TPSA) is 109 Å². The van der Waals surface area contributed by atoms with Crippen LogP contribution in [0.1, 0.15) is 17.7 Å². The highest BCUT2D eigenvalue weighted by Crippen LogP contribution is 2.28. The lowest BCUT2D eigenvalue weighted by molar-refractivity contribution is -0.116. The molecule has 2 aromatic heterocycles. The van der Waals surface area contributed by atoms with Gasteiger partial charge in [0.1, 0.15) is 0 Å². The van der Waals surface area contributed by atoms with Crippen molar-refractivity contribution in [1.29, 1.82) is 0 Å². The zero-order valence-corrected chi connectivity index (χ0v) is 19.1. The van der Waals surface area contributed by atoms with Gasteiger partial charge >= 0.3 is 0 Å². The molecule has 0 saturated carbocycles. The van der Waals surface area contributed by atoms with Gasteiger partial charge in [-0.1, -0.05) is 0 Å². The maximum absolute atomic E-state index is 13.9. The number of aryl methyl sites for hydroxylation is 1. The summed E-state index contributed by atoms with van der Waals surface area (Å²) in [6, 6.07) is 4.56. The standard InChI is InChI=1S/C22H24FN5O4S/c1-13-15(20(30)27-21(24-13)28-7-9-32-10-8-28)4-6-19(29)26-22-25-17(12-33-22)14-3-5-18(31-2)16(23)11-14/h3,5,11-12H,4,6-10H2,1-2H3,(H,24,27,30)(H,25,26,29). The number of carbonyl (C=O) groups is 1. The number of methoxy groups -OCH3 is 1. The lowest BCUT2D eigenvalue weighted by atomic mass is 10.1. The number of anilines is 2. The molecule has 0 radical (unpaired) electrons. The van der Waals surface area contributed by atoms with Gasteiger partial charge < -0.3 is 19.7 Å². The quantitative estimate of drug-likeness (QED) is 0.543. The summed E-state index contributed by atoms with van der Waals surface area (Å²) in [4.78, 5) is 38.7. The fraction of sp³-hybridized carbons (Fsp3) is 0.364. The van der Waals surface area contributed by atoms with Gasteiger partial charge in [0.05, 0.1) is 26.0 Å². The van der Waals surface area contributed by atoms with Gasteiger partial charge in [0.2, 0.25) is 11.9 Å². The Hall–Kier alpha value is -3.31. The van der Waals surface area contributed by atoms with Crippen LogP contribution in [0.5, 0.6) is 5.75 Å². The van der Waals surface area contributed by atoms with E-state index in [0.717, 1.165) is 0 Å². The monoisotopic (exact) mass is 473 g/mol. The number of aromatic nitrogens is 3. The summed E-state index contributed by atoms with van der Waals surface area (Å²) in [6.45, 7) is 4.30. The Balaban J connectivity index is 1.37. The second-order valence-corrected chi connectivity index (χ2v) is 8.35. The summed E-state index contributed by atoms with van der Waals surface area (Å²) in [7, 11) is 1.40. The average Bonchev–Trinajstić information content (AvgIpc) is 3.27. The van der Waals surface area contributed by atoms with Crippen molar-refractivity contribution in [3.8, 4) is 17.0 Å². The lowest BCUT2D eigenvalue weighted by Crippen LogP contribution is -2.38. The second kappa shape index (κ2) is 10.1. The van der Waals surface area contributed by atoms with Crippen molar-refractivity contribution < 1.29 is 18.7 Å². The van der Waals surface area contributed by atoms with Crippen molar-refractivity contribution >= 4 is 28.3 Å². The van der Waals surface area contributed by atoms with Gasteiger partial charge in [-0.2, -0.15) is 0 Å². The van der Waals surface area contributed by atoms with E-state index in [1.807, 2.05) is 4.90 Å². The van der Waals surface area contributed by atoms with Crippen LogP contribution in [0, 0.1) is 12.7 Å². The number of nitrogens with one attached hydrogen (secondary N) is 2. The molecule has 0 bridgehead atoms. The van der Waals surface area contributed by atoms with E-state index in [4.69, 9.17) is 9.47 Å². The lowest BCUT2D eigenvalue weighted by Gasteiger charge is -2.27. The number of hydrogen-bond donors (Lipinski definition) is 2. The number of nitrogens with zero attached hydrogens (tertiary/aromatic N) is 3. The first-order chi connectivity index (χ1) is 15.9. The zero-order chi connectivity index (χ0) is 23.4. The Kier molecular flexibility index (Phi) is 6.99. The van der Waals surface area contributed by atoms with Gasteiger partial charge in [-0.15, -0.1) is 11.3 Å². The van der Waals surface area contributed by atoms with Crippen molar-refractivity contribution in [2.75, 3.05) is 43.6 Å². The van der Waals surface area contributed by atoms with Crippen LogP contribution in [-0.4, -0.2) is 54.3 Å². The SMILES string of the molecule is COc1ccc(-c2csc(NC(=O)CCc3c(C)nc(N4CCOCC4)[nH]c3=O)n2)cc1F. The molecule has 33 heavy (non-hydrogen) atoms. The molecular weight excluding hydrogens is 449 g/mol. The van der Waals surface area contributed by atoms with E-state index >= 15 is 0 Å². The molecule has 1 amide bonds. The van der Waals surface area contributed by atoms with Crippen LogP contribution in [0.3, 0.4) is 0 Å². The number of H-pyrrole nitrogens is 1. The Morgan fingerprint density at radius 3 is 2.82 bits per heavy atom. The van der Waals surface area contributed by atoms with E-state index in [1.54, 1.807) is 18.4 Å². The predicted molar refractivity (Wildman–Crippen MR) is 124 cm³/mol. The highest BCUT2D eigenvalue weighted by molar-refractivity contribution is 7.14. The molecule has 1 aliphatic heterocycles. The number of ether oxygens (including phenoxy) is 2. The number of amides is 1. The summed E-state index contributed by atoms with van der Waals surface area (Å²) in [5.41, 5.74) is 1.97. The normalized spacial score (nSPS) is 13.7. The molecule has 1 aromatic carbocycles. The Labute approximate surface area is 193 Å². The maximum Gasteiger partial charge on any atom is 0.255 e. The predicted octanol–water partition coefficient (Wildman–Crippen LogP) is 2.76. The van der Waals surface area contributed by atoms with Gasteiger partial charge in [0, 0.05) is 41.7 Å². The van der Waals surface area contributed by atoms with Crippen LogP contribution >= 0.6 is 11.3 Å². The van der Waals surface area contributed by atoms with Crippen molar-refractivity contribution in [3.63, 3.8) is 0 Å². The van der Waals surface area contributed by atoms with E-state index in [9.17, 15) is 14.0 Å². The fourth-order valence-electron chi connectivity index (χ4n) is 3.52. The molecule has 4 rings (SSSR count). The molecule has 11 heteroatoms. The van der Waals surface area contributed by atoms with Crippen LogP contribution in [-0.2, 0) is 16.0 Å². The third-order valence-corrected chi connectivity index (χ3v) is 6.08. The van der Waals surface area contributed by atoms with E-state index < -0.39 is 5.82 Å². The van der Waals surface area contributed by atoms with Crippen LogP contribution in [0.15, 0.2) is 28.4 Å². The molecule has 0 aliphatic carbocycles. The van der Waals surface area contributed by atoms with Gasteiger partial charge in [-0.05, 0) is 31.5 Å². The summed E-state index contributed by atoms with van der Waals surface area (Å²) < 4.78 is 24.2. The number of morpholine rings is 1. The van der Waals surface area contributed by atoms with Gasteiger partial charge in [-0.25, -0.2) is 14.4 Å². The number of rotatable bonds is 7. The van der Waals surface area contributed by atoms with Crippen LogP contribution in [0.4, 0.5) is 15.5 Å². The fourth-order valence-corrected chi connectivity index (χ4v) is 4.26. The Bertz CT molecular complexity index is 1210. The highest BCUT2D eigenvalue weighted by Gasteiger charge is 2.17. The Morgan fingerprint density at radius 2 is 2.12 bits per heavy atom. The molecule has 9 nitrogen and oxygen atoms in total. The first-order valence-corrected chi connectivity index (χ1v) is 11.3. The minimum Gasteiger partial charge on any atom is -0.494 e. The molecule has 1 saturated heterocycles. The second-order valence-electron chi connectivity index (χ2n) is 7.49. The number of carbonyl (C=O) groups excluding carboxylic acids is 1. The number of thiazole rings is 1. The molecular formula is C22H24FN5O4S. The molecule has 3 aromatic rings. The zero-order valence-electron chi connectivity index (χ0n) is 18.3. The molecule has 3 heterocycles. The van der Waals surface area contributed by atoms with Crippen molar-refractivity contribution in [2.45, 2.75) is 19.8 Å². The van der Waals surface area contributed by atoms with Gasteiger partial charge in [0.15, 0.2) is 16.7 Å². The minimum absolute atomic E-state index is 0.106. The smallest absolute Gasteiger partial charge is 0.255 e. The summed E-state index contributed by atoms with van der Waals surface area (Å²) >= 11 is 1.24. The van der Waals surface area contributed by atoms with Crippen molar-refractivity contribution in [1.82, 2.24) is 15.0 Å². The first kappa shape index (κ1) is 22.9. The van der Waals surface area contributed by atoms with E-state index in [2.05, 4.69) is 20.3 Å². The van der Waals surface area contributed by atoms with Gasteiger partial charge in [-0.3, -0.25) is 14.6 Å². The van der Waals surface area contributed by atoms with Crippen molar-refractivity contribution in [3.05, 3.63) is 51.0 Å². The number of aromatic amines is 1. The van der Waals surface area contributed by atoms with Gasteiger partial charge in [0.25, 0.3) is 5.56 Å². The summed E-state index contributed by atoms with van der Waals surface area (Å²) in [6.07, 6.45) is 0.361. The molecule has 0 spiro atoms. The third kappa shape index (κ3) is 5.37. The molecule has 1 aliphatic rings. The maximum atomic E-state index is 13.9.